The van der Waals surface area contributed by atoms with Crippen LogP contribution in [0.2, 0.25) is 5.02 Å². The van der Waals surface area contributed by atoms with Gasteiger partial charge in [0.2, 0.25) is 0 Å². The second kappa shape index (κ2) is 12.1. The first-order valence-electron chi connectivity index (χ1n) is 11.1. The van der Waals surface area contributed by atoms with Crippen LogP contribution in [0, 0.1) is 0 Å². The molecule has 1 amide bonds. The summed E-state index contributed by atoms with van der Waals surface area (Å²) in [7, 11) is 2.61. The maximum Gasteiger partial charge on any atom is 0.339 e. The number of rotatable bonds is 11. The fourth-order valence-electron chi connectivity index (χ4n) is 3.39. The van der Waals surface area contributed by atoms with Gasteiger partial charge in [-0.1, -0.05) is 29.8 Å². The Hall–Kier alpha value is -3.27. The van der Waals surface area contributed by atoms with Crippen molar-refractivity contribution >= 4 is 27.6 Å². The highest BCUT2D eigenvalue weighted by Gasteiger charge is 2.22. The predicted octanol–water partition coefficient (Wildman–Crippen LogP) is 4.33. The first-order chi connectivity index (χ1) is 17.1. The van der Waals surface area contributed by atoms with Crippen molar-refractivity contribution in [3.63, 3.8) is 0 Å². The molecule has 0 bridgehead atoms. The molecular formula is C26H29ClN2O6S. The predicted molar refractivity (Wildman–Crippen MR) is 139 cm³/mol. The van der Waals surface area contributed by atoms with E-state index in [0.717, 1.165) is 0 Å². The molecule has 0 saturated heterocycles. The number of carbonyl (C=O) groups excluding carboxylic acids is 1. The van der Waals surface area contributed by atoms with Crippen molar-refractivity contribution in [2.24, 2.45) is 0 Å². The molecule has 0 heterocycles. The van der Waals surface area contributed by atoms with Gasteiger partial charge in [0.25, 0.3) is 5.91 Å². The van der Waals surface area contributed by atoms with Gasteiger partial charge in [-0.05, 0) is 68.2 Å². The Morgan fingerprint density at radius 2 is 1.58 bits per heavy atom. The van der Waals surface area contributed by atoms with E-state index in [1.165, 1.54) is 38.5 Å². The third-order valence-corrected chi connectivity index (χ3v) is 6.94. The Morgan fingerprint density at radius 1 is 0.889 bits per heavy atom. The molecule has 0 atom stereocenters. The summed E-state index contributed by atoms with van der Waals surface area (Å²) in [5, 5.41) is 0.363. The van der Waals surface area contributed by atoms with Crippen LogP contribution in [-0.2, 0) is 16.7 Å². The monoisotopic (exact) mass is 532 g/mol. The maximum atomic E-state index is 13.3. The normalized spacial score (nSPS) is 11.3. The maximum absolute atomic E-state index is 13.3. The highest BCUT2D eigenvalue weighted by molar-refractivity contribution is 7.87. The van der Waals surface area contributed by atoms with Crippen LogP contribution in [0.4, 0.5) is 0 Å². The average molecular weight is 533 g/mol. The van der Waals surface area contributed by atoms with Gasteiger partial charge in [0.05, 0.1) is 24.8 Å². The molecule has 3 aromatic carbocycles. The number of hydrogen-bond acceptors (Lipinski definition) is 7. The van der Waals surface area contributed by atoms with Gasteiger partial charge in [-0.15, -0.1) is 0 Å². The summed E-state index contributed by atoms with van der Waals surface area (Å²) in [6, 6.07) is 17.7. The average Bonchev–Trinajstić information content (AvgIpc) is 2.86. The number of benzene rings is 3. The lowest BCUT2D eigenvalue weighted by molar-refractivity contribution is 0.0732. The molecule has 0 radical (unpaired) electrons. The summed E-state index contributed by atoms with van der Waals surface area (Å²) in [5.41, 5.74) is 1.06. The van der Waals surface area contributed by atoms with Gasteiger partial charge in [-0.3, -0.25) is 4.79 Å². The van der Waals surface area contributed by atoms with Crippen LogP contribution in [0.5, 0.6) is 17.2 Å². The van der Waals surface area contributed by atoms with Gasteiger partial charge in [0.15, 0.2) is 11.5 Å². The van der Waals surface area contributed by atoms with Crippen LogP contribution in [0.3, 0.4) is 0 Å². The third-order valence-electron chi connectivity index (χ3n) is 5.36. The van der Waals surface area contributed by atoms with Crippen molar-refractivity contribution < 1.29 is 26.9 Å². The molecule has 0 aliphatic carbocycles. The Kier molecular flexibility index (Phi) is 9.19. The molecule has 0 aromatic heterocycles. The van der Waals surface area contributed by atoms with Gasteiger partial charge in [0, 0.05) is 19.6 Å². The van der Waals surface area contributed by atoms with Gasteiger partial charge in [0.1, 0.15) is 10.6 Å². The first kappa shape index (κ1) is 27.3. The highest BCUT2D eigenvalue weighted by atomic mass is 35.5. The molecule has 192 valence electrons. The van der Waals surface area contributed by atoms with Crippen molar-refractivity contribution in [3.8, 4) is 17.2 Å². The molecule has 3 rings (SSSR count). The van der Waals surface area contributed by atoms with E-state index in [-0.39, 0.29) is 28.8 Å². The molecule has 3 aromatic rings. The van der Waals surface area contributed by atoms with E-state index in [9.17, 15) is 13.2 Å². The zero-order valence-electron chi connectivity index (χ0n) is 20.6. The smallest absolute Gasteiger partial charge is 0.339 e. The van der Waals surface area contributed by atoms with E-state index in [2.05, 4.69) is 0 Å². The lowest BCUT2D eigenvalue weighted by Crippen LogP contribution is -2.36. The van der Waals surface area contributed by atoms with Crippen LogP contribution in [0.1, 0.15) is 15.9 Å². The van der Waals surface area contributed by atoms with E-state index in [4.69, 9.17) is 25.3 Å². The first-order valence-corrected chi connectivity index (χ1v) is 12.9. The van der Waals surface area contributed by atoms with Gasteiger partial charge >= 0.3 is 10.1 Å². The number of nitrogens with zero attached hydrogens (tertiary/aromatic N) is 2. The molecule has 8 nitrogen and oxygen atoms in total. The summed E-state index contributed by atoms with van der Waals surface area (Å²) in [4.78, 5) is 16.9. The molecular weight excluding hydrogens is 504 g/mol. The Bertz CT molecular complexity index is 1300. The summed E-state index contributed by atoms with van der Waals surface area (Å²) >= 11 is 6.27. The van der Waals surface area contributed by atoms with Gasteiger partial charge < -0.3 is 23.5 Å². The minimum Gasteiger partial charge on any atom is -0.497 e. The Morgan fingerprint density at radius 3 is 2.19 bits per heavy atom. The second-order valence-corrected chi connectivity index (χ2v) is 10.2. The van der Waals surface area contributed by atoms with E-state index in [1.807, 2.05) is 19.0 Å². The summed E-state index contributed by atoms with van der Waals surface area (Å²) < 4.78 is 41.7. The minimum atomic E-state index is -4.14. The molecule has 0 spiro atoms. The Labute approximate surface area is 217 Å². The topological polar surface area (TPSA) is 85.4 Å². The summed E-state index contributed by atoms with van der Waals surface area (Å²) in [6.07, 6.45) is 0. The molecule has 10 heteroatoms. The number of methoxy groups -OCH3 is 2. The zero-order chi connectivity index (χ0) is 26.3. The quantitative estimate of drug-likeness (QED) is 0.340. The number of amides is 1. The van der Waals surface area contributed by atoms with Crippen molar-refractivity contribution in [1.29, 1.82) is 0 Å². The number of carbonyl (C=O) groups is 1. The van der Waals surface area contributed by atoms with Crippen LogP contribution >= 0.6 is 11.6 Å². The number of hydrogen-bond donors (Lipinski definition) is 0. The van der Waals surface area contributed by atoms with E-state index < -0.39 is 10.1 Å². The molecule has 0 saturated carbocycles. The van der Waals surface area contributed by atoms with Crippen LogP contribution in [0.25, 0.3) is 0 Å². The zero-order valence-corrected chi connectivity index (χ0v) is 22.2. The van der Waals surface area contributed by atoms with Crippen molar-refractivity contribution in [2.75, 3.05) is 41.4 Å². The van der Waals surface area contributed by atoms with Gasteiger partial charge in [-0.2, -0.15) is 8.42 Å². The fourth-order valence-corrected chi connectivity index (χ4v) is 4.54. The lowest BCUT2D eigenvalue weighted by Gasteiger charge is -2.25. The second-order valence-electron chi connectivity index (χ2n) is 8.21. The molecule has 0 unspecified atom stereocenters. The van der Waals surface area contributed by atoms with E-state index in [0.29, 0.717) is 35.0 Å². The van der Waals surface area contributed by atoms with Crippen LogP contribution in [-0.4, -0.2) is 65.5 Å². The van der Waals surface area contributed by atoms with Crippen LogP contribution in [0.15, 0.2) is 71.6 Å². The van der Waals surface area contributed by atoms with Gasteiger partial charge in [-0.25, -0.2) is 0 Å². The van der Waals surface area contributed by atoms with Crippen molar-refractivity contribution in [1.82, 2.24) is 9.80 Å². The number of halogens is 1. The molecule has 0 aliphatic rings. The summed E-state index contributed by atoms with van der Waals surface area (Å²) in [5.74, 6) is 0.554. The minimum absolute atomic E-state index is 0.0172. The Balaban J connectivity index is 1.90. The molecule has 0 aliphatic heterocycles. The largest absolute Gasteiger partial charge is 0.497 e. The number of ether oxygens (including phenoxy) is 2. The highest BCUT2D eigenvalue weighted by Crippen LogP contribution is 2.32. The number of likely N-dealkylation sites (N-methyl/N-ethyl adjacent to an activating group) is 1. The molecule has 0 N–H and O–H groups in total. The standard InChI is InChI=1S/C26H29ClN2O6S/c1-28(2)15-16-29(26(30)22-7-5-6-8-23(22)27)18-19-9-14-24(34-4)25(17-19)35-36(31,32)21-12-10-20(33-3)11-13-21/h5-14,17H,15-16,18H2,1-4H3. The van der Waals surface area contributed by atoms with E-state index >= 15 is 0 Å². The summed E-state index contributed by atoms with van der Waals surface area (Å²) in [6.45, 7) is 1.27. The van der Waals surface area contributed by atoms with Crippen molar-refractivity contribution in [3.05, 3.63) is 82.9 Å². The molecule has 0 fully saturated rings. The molecule has 36 heavy (non-hydrogen) atoms. The van der Waals surface area contributed by atoms with E-state index in [1.54, 1.807) is 47.4 Å². The van der Waals surface area contributed by atoms with Crippen molar-refractivity contribution in [2.45, 2.75) is 11.4 Å². The third kappa shape index (κ3) is 6.90. The van der Waals surface area contributed by atoms with Crippen LogP contribution < -0.4 is 13.7 Å². The SMILES string of the molecule is COc1ccc(S(=O)(=O)Oc2cc(CN(CCN(C)C)C(=O)c3ccccc3Cl)ccc2OC)cc1. The fraction of sp³-hybridized carbons (Fsp3) is 0.269. The lowest BCUT2D eigenvalue weighted by atomic mass is 10.1.